The molecule has 12 heteroatoms. The lowest BCUT2D eigenvalue weighted by atomic mass is 10.0. The molecule has 0 aliphatic carbocycles. The van der Waals surface area contributed by atoms with Crippen LogP contribution in [0.15, 0.2) is 48.5 Å². The van der Waals surface area contributed by atoms with Crippen molar-refractivity contribution in [1.29, 1.82) is 0 Å². The third-order valence-corrected chi connectivity index (χ3v) is 6.98. The number of aryl methyl sites for hydroxylation is 3. The summed E-state index contributed by atoms with van der Waals surface area (Å²) >= 11 is -3.01. The fourth-order valence-electron chi connectivity index (χ4n) is 4.54. The summed E-state index contributed by atoms with van der Waals surface area (Å²) in [6.45, 7) is 10.1. The molecule has 3 heterocycles. The van der Waals surface area contributed by atoms with Gasteiger partial charge in [0.1, 0.15) is 22.9 Å². The largest absolute Gasteiger partial charge is 0.755 e. The Morgan fingerprint density at radius 1 is 1.10 bits per heavy atom. The first-order valence-corrected chi connectivity index (χ1v) is 14.1. The molecule has 0 saturated heterocycles. The lowest BCUT2D eigenvalue weighted by Gasteiger charge is -2.27. The van der Waals surface area contributed by atoms with Crippen molar-refractivity contribution in [3.05, 3.63) is 76.5 Å². The second-order valence-electron chi connectivity index (χ2n) is 9.97. The summed E-state index contributed by atoms with van der Waals surface area (Å²) in [6.07, 6.45) is 1.76. The van der Waals surface area contributed by atoms with Gasteiger partial charge in [-0.25, -0.2) is 19.1 Å². The van der Waals surface area contributed by atoms with E-state index in [1.165, 1.54) is 24.3 Å². The van der Waals surface area contributed by atoms with Gasteiger partial charge in [-0.2, -0.15) is 0 Å². The number of hydrogen-bond donors (Lipinski definition) is 1. The summed E-state index contributed by atoms with van der Waals surface area (Å²) in [6, 6.07) is 11.3. The Morgan fingerprint density at radius 3 is 2.39 bits per heavy atom. The number of amides is 2. The first-order valence-electron chi connectivity index (χ1n) is 13.0. The molecule has 0 bridgehead atoms. The zero-order chi connectivity index (χ0) is 29.8. The molecule has 0 radical (unpaired) electrons. The van der Waals surface area contributed by atoms with Crippen molar-refractivity contribution >= 4 is 40.5 Å². The normalized spacial score (nSPS) is 13.9. The zero-order valence-corrected chi connectivity index (χ0v) is 24.4. The quantitative estimate of drug-likeness (QED) is 0.388. The molecule has 1 atom stereocenters. The number of hydrogen-bond acceptors (Lipinski definition) is 9. The second kappa shape index (κ2) is 12.5. The van der Waals surface area contributed by atoms with E-state index >= 15 is 0 Å². The Bertz CT molecular complexity index is 1520. The van der Waals surface area contributed by atoms with Gasteiger partial charge in [0, 0.05) is 13.1 Å². The summed E-state index contributed by atoms with van der Waals surface area (Å²) in [4.78, 5) is 36.3. The maximum absolute atomic E-state index is 13.7. The number of pyridine rings is 2. The SMILES string of the molecule is Cc1cc(C)c(Oc2nc(C3=CCN(C(=O)OC(C)C)CC3)ccc2C(=O)N(c2cccc(N)n2)S(=O)[O-])c(C)c1. The maximum Gasteiger partial charge on any atom is 0.410 e. The lowest BCUT2D eigenvalue weighted by Crippen LogP contribution is -2.36. The average Bonchev–Trinajstić information content (AvgIpc) is 2.90. The number of nitrogen functional groups attached to an aromatic ring is 1. The van der Waals surface area contributed by atoms with Gasteiger partial charge in [0.2, 0.25) is 5.88 Å². The van der Waals surface area contributed by atoms with Crippen molar-refractivity contribution in [2.45, 2.75) is 47.1 Å². The van der Waals surface area contributed by atoms with Crippen LogP contribution in [0.3, 0.4) is 0 Å². The van der Waals surface area contributed by atoms with Crippen LogP contribution in [0, 0.1) is 20.8 Å². The molecule has 1 unspecified atom stereocenters. The highest BCUT2D eigenvalue weighted by molar-refractivity contribution is 7.81. The molecule has 41 heavy (non-hydrogen) atoms. The molecule has 1 aliphatic rings. The van der Waals surface area contributed by atoms with E-state index in [4.69, 9.17) is 15.2 Å². The van der Waals surface area contributed by atoms with E-state index in [0.29, 0.717) is 35.3 Å². The molecule has 2 N–H and O–H groups in total. The van der Waals surface area contributed by atoms with Crippen LogP contribution in [-0.4, -0.2) is 54.8 Å². The molecule has 4 rings (SSSR count). The molecule has 3 aromatic rings. The smallest absolute Gasteiger partial charge is 0.410 e. The highest BCUT2D eigenvalue weighted by atomic mass is 32.2. The molecular weight excluding hydrogens is 546 g/mol. The first kappa shape index (κ1) is 29.7. The molecule has 0 fully saturated rings. The zero-order valence-electron chi connectivity index (χ0n) is 23.5. The minimum atomic E-state index is -3.01. The van der Waals surface area contributed by atoms with E-state index in [1.54, 1.807) is 24.8 Å². The molecule has 2 aromatic heterocycles. The van der Waals surface area contributed by atoms with Crippen LogP contribution in [0.4, 0.5) is 16.4 Å². The third kappa shape index (κ3) is 6.90. The van der Waals surface area contributed by atoms with E-state index in [9.17, 15) is 18.4 Å². The minimum absolute atomic E-state index is 0.0529. The number of anilines is 2. The van der Waals surface area contributed by atoms with Gasteiger partial charge >= 0.3 is 6.09 Å². The Morgan fingerprint density at radius 2 is 1.80 bits per heavy atom. The topological polar surface area (TPSA) is 151 Å². The van der Waals surface area contributed by atoms with Crippen molar-refractivity contribution in [2.75, 3.05) is 23.1 Å². The van der Waals surface area contributed by atoms with Crippen molar-refractivity contribution in [3.8, 4) is 11.6 Å². The van der Waals surface area contributed by atoms with E-state index in [1.807, 2.05) is 39.0 Å². The Kier molecular flexibility index (Phi) is 9.04. The van der Waals surface area contributed by atoms with Gasteiger partial charge < -0.3 is 24.7 Å². The van der Waals surface area contributed by atoms with E-state index in [-0.39, 0.29) is 35.3 Å². The van der Waals surface area contributed by atoms with E-state index in [2.05, 4.69) is 9.97 Å². The number of ether oxygens (including phenoxy) is 2. The number of nitrogens with two attached hydrogens (primary N) is 1. The van der Waals surface area contributed by atoms with E-state index < -0.39 is 17.2 Å². The molecule has 216 valence electrons. The standard InChI is InChI=1S/C29H33N5O6S/c1-17(2)39-29(36)33-13-11-21(12-14-33)23-10-9-22(27(31-23)40-26-19(4)15-18(3)16-20(26)5)28(35)34(41(37)38)25-8-6-7-24(30)32-25/h6-11,15-17H,12-14H2,1-5H3,(H2,30,32)(H,37,38)/p-1. The van der Waals surface area contributed by atoms with Gasteiger partial charge in [-0.15, -0.1) is 0 Å². The van der Waals surface area contributed by atoms with Crippen LogP contribution in [0.5, 0.6) is 11.6 Å². The monoisotopic (exact) mass is 578 g/mol. The van der Waals surface area contributed by atoms with Gasteiger partial charge in [0.15, 0.2) is 0 Å². The van der Waals surface area contributed by atoms with Crippen LogP contribution < -0.4 is 14.8 Å². The van der Waals surface area contributed by atoms with Gasteiger partial charge in [0.25, 0.3) is 5.91 Å². The predicted octanol–water partition coefficient (Wildman–Crippen LogP) is 4.85. The first-order chi connectivity index (χ1) is 19.4. The average molecular weight is 579 g/mol. The van der Waals surface area contributed by atoms with Gasteiger partial charge in [0.05, 0.1) is 23.1 Å². The van der Waals surface area contributed by atoms with E-state index in [0.717, 1.165) is 22.3 Å². The summed E-state index contributed by atoms with van der Waals surface area (Å²) in [5.74, 6) is -0.578. The van der Waals surface area contributed by atoms with Crippen molar-refractivity contribution in [3.63, 3.8) is 0 Å². The highest BCUT2D eigenvalue weighted by Gasteiger charge is 2.27. The highest BCUT2D eigenvalue weighted by Crippen LogP contribution is 2.34. The van der Waals surface area contributed by atoms with Crippen LogP contribution in [0.1, 0.15) is 53.0 Å². The summed E-state index contributed by atoms with van der Waals surface area (Å²) in [7, 11) is 0. The summed E-state index contributed by atoms with van der Waals surface area (Å²) < 4.78 is 36.5. The number of aromatic nitrogens is 2. The van der Waals surface area contributed by atoms with Gasteiger partial charge in [-0.1, -0.05) is 29.8 Å². The van der Waals surface area contributed by atoms with Gasteiger partial charge in [-0.05, 0) is 82.0 Å². The fourth-order valence-corrected chi connectivity index (χ4v) is 5.03. The number of carbonyl (C=O) groups is 2. The van der Waals surface area contributed by atoms with Crippen molar-refractivity contribution < 1.29 is 27.8 Å². The molecular formula is C29H32N5O6S-. The minimum Gasteiger partial charge on any atom is -0.755 e. The second-order valence-corrected chi connectivity index (χ2v) is 10.8. The lowest BCUT2D eigenvalue weighted by molar-refractivity contribution is 0.0798. The summed E-state index contributed by atoms with van der Waals surface area (Å²) in [5.41, 5.74) is 9.73. The Balaban J connectivity index is 1.75. The molecule has 1 aromatic carbocycles. The maximum atomic E-state index is 13.7. The van der Waals surface area contributed by atoms with Crippen molar-refractivity contribution in [2.24, 2.45) is 0 Å². The number of carbonyl (C=O) groups excluding carboxylic acids is 2. The van der Waals surface area contributed by atoms with Crippen molar-refractivity contribution in [1.82, 2.24) is 14.9 Å². The van der Waals surface area contributed by atoms with Crippen LogP contribution in [-0.2, 0) is 16.0 Å². The molecule has 2 amide bonds. The number of nitrogens with zero attached hydrogens (tertiary/aromatic N) is 4. The molecule has 0 saturated carbocycles. The molecule has 11 nitrogen and oxygen atoms in total. The number of benzene rings is 1. The van der Waals surface area contributed by atoms with Gasteiger partial charge in [-0.3, -0.25) is 9.00 Å². The Labute approximate surface area is 241 Å². The Hall–Kier alpha value is -4.29. The molecule has 1 aliphatic heterocycles. The molecule has 0 spiro atoms. The number of rotatable bonds is 7. The third-order valence-electron chi connectivity index (χ3n) is 6.32. The van der Waals surface area contributed by atoms with Crippen LogP contribution >= 0.6 is 0 Å². The van der Waals surface area contributed by atoms with Crippen LogP contribution in [0.25, 0.3) is 5.57 Å². The summed E-state index contributed by atoms with van der Waals surface area (Å²) in [5, 5.41) is 0. The van der Waals surface area contributed by atoms with Crippen LogP contribution in [0.2, 0.25) is 0 Å². The predicted molar refractivity (Wildman–Crippen MR) is 155 cm³/mol. The fraction of sp³-hybridized carbons (Fsp3) is 0.310.